The van der Waals surface area contributed by atoms with Gasteiger partial charge in [-0.05, 0) is 58.3 Å². The maximum absolute atomic E-state index is 13.3. The van der Waals surface area contributed by atoms with Gasteiger partial charge in [0.2, 0.25) is 0 Å². The quantitative estimate of drug-likeness (QED) is 0.251. The van der Waals surface area contributed by atoms with Gasteiger partial charge >= 0.3 is 5.97 Å². The second-order valence-corrected chi connectivity index (χ2v) is 11.6. The Morgan fingerprint density at radius 3 is 2.16 bits per heavy atom. The molecule has 3 unspecified atom stereocenters. The van der Waals surface area contributed by atoms with Gasteiger partial charge in [0.25, 0.3) is 0 Å². The zero-order chi connectivity index (χ0) is 29.3. The summed E-state index contributed by atoms with van der Waals surface area (Å²) in [5.41, 5.74) is -1.69. The summed E-state index contributed by atoms with van der Waals surface area (Å²) in [5.74, 6) is -1.82. The van der Waals surface area contributed by atoms with E-state index < -0.39 is 47.3 Å². The lowest BCUT2D eigenvalue weighted by molar-refractivity contribution is -0.191. The number of ether oxygens (including phenoxy) is 4. The molecule has 9 heteroatoms. The summed E-state index contributed by atoms with van der Waals surface area (Å²) in [6.07, 6.45) is -0.0592. The molecule has 1 aliphatic rings. The molecule has 0 aromatic carbocycles. The topological polar surface area (TPSA) is 116 Å². The van der Waals surface area contributed by atoms with Crippen LogP contribution in [0.3, 0.4) is 0 Å². The van der Waals surface area contributed by atoms with Gasteiger partial charge < -0.3 is 34.0 Å². The highest BCUT2D eigenvalue weighted by Crippen LogP contribution is 2.39. The maximum Gasteiger partial charge on any atom is 0.311 e. The summed E-state index contributed by atoms with van der Waals surface area (Å²) in [6.45, 7) is 16.3. The summed E-state index contributed by atoms with van der Waals surface area (Å²) in [6, 6.07) is 0. The average molecular weight is 546 g/mol. The lowest BCUT2D eigenvalue weighted by Gasteiger charge is -2.45. The van der Waals surface area contributed by atoms with Crippen molar-refractivity contribution >= 4 is 11.7 Å². The minimum atomic E-state index is -1.72. The van der Waals surface area contributed by atoms with E-state index in [0.717, 1.165) is 12.8 Å². The molecule has 0 bridgehead atoms. The smallest absolute Gasteiger partial charge is 0.311 e. The fourth-order valence-corrected chi connectivity index (χ4v) is 5.89. The molecule has 0 radical (unpaired) electrons. The number of hydrogen-bond donors (Lipinski definition) is 2. The Labute approximate surface area is 230 Å². The molecule has 1 saturated heterocycles. The lowest BCUT2D eigenvalue weighted by atomic mass is 9.70. The number of carbonyl (C=O) groups is 1. The predicted molar refractivity (Wildman–Crippen MR) is 148 cm³/mol. The molecule has 224 valence electrons. The van der Waals surface area contributed by atoms with Crippen molar-refractivity contribution in [1.82, 2.24) is 0 Å². The number of aliphatic hydroxyl groups is 2. The molecule has 1 fully saturated rings. The standard InChI is InChI=1S/C29H55NO8/c1-12-23-29(8,33)26(31)20(4)24(30-37-16-14-13-15-34-9)18(2)17-28(7,36-11)22(6)19(3)25(35-10)21(5)27(32)38-23/h18-23,25-26,31,33H,12-17H2,1-11H3/b30-24+/t18-,19-,20?,21-,22?,23-,25+,26?,28-,29-/m1/s1. The molecule has 1 aliphatic heterocycles. The fraction of sp³-hybridized carbons (Fsp3) is 0.931. The minimum absolute atomic E-state index is 0.000359. The second-order valence-electron chi connectivity index (χ2n) is 11.6. The van der Waals surface area contributed by atoms with Gasteiger partial charge in [-0.1, -0.05) is 39.8 Å². The van der Waals surface area contributed by atoms with E-state index in [1.807, 2.05) is 20.8 Å². The van der Waals surface area contributed by atoms with Gasteiger partial charge in [0.05, 0.1) is 29.4 Å². The van der Waals surface area contributed by atoms with E-state index in [9.17, 15) is 15.0 Å². The molecule has 9 nitrogen and oxygen atoms in total. The summed E-state index contributed by atoms with van der Waals surface area (Å²) in [5, 5.41) is 27.5. The van der Waals surface area contributed by atoms with Crippen LogP contribution in [0.4, 0.5) is 0 Å². The SMILES string of the molecule is CC[C@H]1OC(=O)[C@H](C)[C@@H](OC)[C@H](C)C(C)[C@](C)(OC)C[C@@H](C)/C(=N\OCCCCOC)C(C)C(O)[C@]1(C)O. The first kappa shape index (κ1) is 34.8. The Hall–Kier alpha value is -1.26. The predicted octanol–water partition coefficient (Wildman–Crippen LogP) is 4.22. The normalized spacial score (nSPS) is 41.0. The summed E-state index contributed by atoms with van der Waals surface area (Å²) in [7, 11) is 4.95. The van der Waals surface area contributed by atoms with E-state index in [-0.39, 0.29) is 17.8 Å². The number of hydrogen-bond acceptors (Lipinski definition) is 9. The molecule has 0 aromatic heterocycles. The van der Waals surface area contributed by atoms with Crippen LogP contribution in [-0.4, -0.2) is 86.0 Å². The number of oxime groups is 1. The number of cyclic esters (lactones) is 1. The highest BCUT2D eigenvalue weighted by molar-refractivity contribution is 5.88. The first-order chi connectivity index (χ1) is 17.7. The van der Waals surface area contributed by atoms with Gasteiger partial charge in [0.1, 0.15) is 18.3 Å². The molecule has 1 rings (SSSR count). The molecule has 0 amide bonds. The van der Waals surface area contributed by atoms with Crippen molar-refractivity contribution in [1.29, 1.82) is 0 Å². The van der Waals surface area contributed by atoms with Crippen molar-refractivity contribution in [2.75, 3.05) is 34.5 Å². The van der Waals surface area contributed by atoms with Crippen molar-refractivity contribution in [3.05, 3.63) is 0 Å². The molecule has 0 spiro atoms. The third kappa shape index (κ3) is 8.37. The van der Waals surface area contributed by atoms with Gasteiger partial charge in [-0.15, -0.1) is 0 Å². The van der Waals surface area contributed by atoms with Crippen LogP contribution in [-0.2, 0) is 28.6 Å². The van der Waals surface area contributed by atoms with Crippen LogP contribution in [0.25, 0.3) is 0 Å². The van der Waals surface area contributed by atoms with Crippen molar-refractivity contribution in [2.45, 2.75) is 111 Å². The van der Waals surface area contributed by atoms with Crippen LogP contribution in [0, 0.1) is 29.6 Å². The fourth-order valence-electron chi connectivity index (χ4n) is 5.89. The summed E-state index contributed by atoms with van der Waals surface area (Å²) in [4.78, 5) is 19.0. The molecule has 0 aromatic rings. The summed E-state index contributed by atoms with van der Waals surface area (Å²) >= 11 is 0. The van der Waals surface area contributed by atoms with Crippen LogP contribution in [0.5, 0.6) is 0 Å². The van der Waals surface area contributed by atoms with E-state index in [0.29, 0.717) is 31.8 Å². The van der Waals surface area contributed by atoms with Crippen molar-refractivity contribution in [3.8, 4) is 0 Å². The third-order valence-corrected chi connectivity index (χ3v) is 8.91. The van der Waals surface area contributed by atoms with Crippen LogP contribution in [0.2, 0.25) is 0 Å². The van der Waals surface area contributed by atoms with E-state index in [4.69, 9.17) is 23.8 Å². The van der Waals surface area contributed by atoms with E-state index >= 15 is 0 Å². The van der Waals surface area contributed by atoms with Crippen LogP contribution in [0.1, 0.15) is 81.1 Å². The Bertz CT molecular complexity index is 744. The van der Waals surface area contributed by atoms with Gasteiger partial charge in [-0.2, -0.15) is 0 Å². The second kappa shape index (κ2) is 15.5. The average Bonchev–Trinajstić information content (AvgIpc) is 2.89. The number of aliphatic hydroxyl groups excluding tert-OH is 1. The molecule has 10 atom stereocenters. The monoisotopic (exact) mass is 545 g/mol. The number of rotatable bonds is 9. The lowest BCUT2D eigenvalue weighted by Crippen LogP contribution is -2.56. The van der Waals surface area contributed by atoms with Crippen molar-refractivity contribution in [2.24, 2.45) is 34.7 Å². The number of nitrogens with zero attached hydrogens (tertiary/aromatic N) is 1. The first-order valence-electron chi connectivity index (χ1n) is 14.1. The van der Waals surface area contributed by atoms with Crippen molar-refractivity contribution < 1.29 is 38.8 Å². The zero-order valence-corrected chi connectivity index (χ0v) is 25.7. The number of unbranched alkanes of at least 4 members (excludes halogenated alkanes) is 1. The molecule has 1 heterocycles. The number of methoxy groups -OCH3 is 3. The van der Waals surface area contributed by atoms with Crippen molar-refractivity contribution in [3.63, 3.8) is 0 Å². The number of carbonyl (C=O) groups excluding carboxylic acids is 1. The molecule has 2 N–H and O–H groups in total. The Kier molecular flexibility index (Phi) is 14.2. The minimum Gasteiger partial charge on any atom is -0.459 e. The third-order valence-electron chi connectivity index (χ3n) is 8.91. The van der Waals surface area contributed by atoms with E-state index in [2.05, 4.69) is 25.9 Å². The van der Waals surface area contributed by atoms with Crippen LogP contribution < -0.4 is 0 Å². The highest BCUT2D eigenvalue weighted by Gasteiger charge is 2.48. The Morgan fingerprint density at radius 2 is 1.63 bits per heavy atom. The molecular formula is C29H55NO8. The van der Waals surface area contributed by atoms with Gasteiger partial charge in [-0.3, -0.25) is 4.79 Å². The maximum atomic E-state index is 13.3. The highest BCUT2D eigenvalue weighted by atomic mass is 16.6. The van der Waals surface area contributed by atoms with Gasteiger partial charge in [0, 0.05) is 39.8 Å². The molecule has 38 heavy (non-hydrogen) atoms. The van der Waals surface area contributed by atoms with Gasteiger partial charge in [0.15, 0.2) is 0 Å². The zero-order valence-electron chi connectivity index (χ0n) is 25.7. The van der Waals surface area contributed by atoms with Gasteiger partial charge in [-0.25, -0.2) is 0 Å². The largest absolute Gasteiger partial charge is 0.459 e. The Morgan fingerprint density at radius 1 is 1.03 bits per heavy atom. The van der Waals surface area contributed by atoms with E-state index in [1.54, 1.807) is 28.3 Å². The first-order valence-corrected chi connectivity index (χ1v) is 14.1. The molecular weight excluding hydrogens is 490 g/mol. The number of esters is 1. The molecule has 0 saturated carbocycles. The Balaban J connectivity index is 3.56. The molecule has 0 aliphatic carbocycles. The summed E-state index contributed by atoms with van der Waals surface area (Å²) < 4.78 is 22.9. The van der Waals surface area contributed by atoms with Crippen LogP contribution >= 0.6 is 0 Å². The van der Waals surface area contributed by atoms with Crippen LogP contribution in [0.15, 0.2) is 5.16 Å². The van der Waals surface area contributed by atoms with E-state index in [1.165, 1.54) is 6.92 Å².